The summed E-state index contributed by atoms with van der Waals surface area (Å²) in [6, 6.07) is 14.0. The average molecular weight is 393 g/mol. The van der Waals surface area contributed by atoms with Gasteiger partial charge in [-0.15, -0.1) is 0 Å². The smallest absolute Gasteiger partial charge is 0.262 e. The van der Waals surface area contributed by atoms with Crippen LogP contribution in [0.3, 0.4) is 0 Å². The number of nitrogens with zero attached hydrogens (tertiary/aromatic N) is 3. The molecule has 1 atom stereocenters. The van der Waals surface area contributed by atoms with E-state index >= 15 is 0 Å². The highest BCUT2D eigenvalue weighted by Gasteiger charge is 2.27. The summed E-state index contributed by atoms with van der Waals surface area (Å²) in [5, 5.41) is 9.62. The molecule has 1 aliphatic heterocycles. The summed E-state index contributed by atoms with van der Waals surface area (Å²) in [6.07, 6.45) is 1.69. The summed E-state index contributed by atoms with van der Waals surface area (Å²) < 4.78 is 12.3. The number of methoxy groups -OCH3 is 1. The van der Waals surface area contributed by atoms with Gasteiger partial charge in [0.05, 0.1) is 19.6 Å². The van der Waals surface area contributed by atoms with Crippen molar-refractivity contribution in [3.63, 3.8) is 0 Å². The number of hydrogen-bond donors (Lipinski definition) is 2. The van der Waals surface area contributed by atoms with E-state index in [1.165, 1.54) is 6.33 Å². The third-order valence-corrected chi connectivity index (χ3v) is 4.51. The van der Waals surface area contributed by atoms with Crippen molar-refractivity contribution in [1.82, 2.24) is 14.8 Å². The Bertz CT molecular complexity index is 1010. The molecule has 0 saturated carbocycles. The Balaban J connectivity index is 1.35. The lowest BCUT2D eigenvalue weighted by Crippen LogP contribution is -2.29. The van der Waals surface area contributed by atoms with Crippen molar-refractivity contribution in [3.05, 3.63) is 60.4 Å². The minimum absolute atomic E-state index is 0.106. The van der Waals surface area contributed by atoms with E-state index in [-0.39, 0.29) is 30.9 Å². The van der Waals surface area contributed by atoms with Crippen LogP contribution in [0.15, 0.2) is 54.9 Å². The molecule has 0 bridgehead atoms. The quantitative estimate of drug-likeness (QED) is 0.665. The zero-order valence-electron chi connectivity index (χ0n) is 15.7. The molecular weight excluding hydrogens is 374 g/mol. The lowest BCUT2D eigenvalue weighted by molar-refractivity contribution is -0.118. The first-order valence-corrected chi connectivity index (χ1v) is 8.98. The number of anilines is 2. The zero-order valence-corrected chi connectivity index (χ0v) is 15.7. The first kappa shape index (κ1) is 18.5. The van der Waals surface area contributed by atoms with Gasteiger partial charge in [-0.1, -0.05) is 12.1 Å². The normalized spacial score (nSPS) is 15.2. The first-order valence-electron chi connectivity index (χ1n) is 8.98. The van der Waals surface area contributed by atoms with Crippen LogP contribution in [0.4, 0.5) is 11.6 Å². The van der Waals surface area contributed by atoms with Gasteiger partial charge in [-0.25, -0.2) is 4.68 Å². The number of aromatic nitrogens is 3. The van der Waals surface area contributed by atoms with Crippen molar-refractivity contribution < 1.29 is 19.1 Å². The van der Waals surface area contributed by atoms with Gasteiger partial charge in [-0.3, -0.25) is 14.9 Å². The average Bonchev–Trinajstić information content (AvgIpc) is 3.21. The topological polar surface area (TPSA) is 107 Å². The van der Waals surface area contributed by atoms with Crippen LogP contribution < -0.4 is 20.1 Å². The molecule has 29 heavy (non-hydrogen) atoms. The molecule has 1 aliphatic rings. The van der Waals surface area contributed by atoms with E-state index in [4.69, 9.17) is 9.47 Å². The molecule has 1 unspecified atom stereocenters. The zero-order chi connectivity index (χ0) is 20.2. The van der Waals surface area contributed by atoms with Crippen LogP contribution in [0.5, 0.6) is 11.5 Å². The van der Waals surface area contributed by atoms with Gasteiger partial charge in [0, 0.05) is 5.69 Å². The Morgan fingerprint density at radius 3 is 2.62 bits per heavy atom. The number of carbonyl (C=O) groups is 2. The van der Waals surface area contributed by atoms with Gasteiger partial charge in [0.1, 0.15) is 17.8 Å². The van der Waals surface area contributed by atoms with E-state index in [1.807, 2.05) is 12.1 Å². The van der Waals surface area contributed by atoms with E-state index < -0.39 is 0 Å². The summed E-state index contributed by atoms with van der Waals surface area (Å²) in [6.45, 7) is -0.121. The monoisotopic (exact) mass is 393 g/mol. The maximum Gasteiger partial charge on any atom is 0.262 e. The predicted octanol–water partition coefficient (Wildman–Crippen LogP) is 2.24. The minimum atomic E-state index is -0.268. The van der Waals surface area contributed by atoms with Crippen molar-refractivity contribution in [3.8, 4) is 11.5 Å². The number of carbonyl (C=O) groups excluding carboxylic acids is 2. The van der Waals surface area contributed by atoms with E-state index in [0.717, 1.165) is 5.56 Å². The number of hydrogen-bond acceptors (Lipinski definition) is 6. The fourth-order valence-corrected chi connectivity index (χ4v) is 3.07. The Kier molecular flexibility index (Phi) is 5.10. The number of benzene rings is 2. The summed E-state index contributed by atoms with van der Waals surface area (Å²) in [5.41, 5.74) is 1.57. The van der Waals surface area contributed by atoms with Crippen LogP contribution in [0.2, 0.25) is 0 Å². The molecule has 3 aromatic rings. The Morgan fingerprint density at radius 2 is 1.90 bits per heavy atom. The highest BCUT2D eigenvalue weighted by atomic mass is 16.5. The molecule has 0 radical (unpaired) electrons. The first-order chi connectivity index (χ1) is 14.1. The number of amides is 2. The highest BCUT2D eigenvalue weighted by Crippen LogP contribution is 2.29. The summed E-state index contributed by atoms with van der Waals surface area (Å²) >= 11 is 0. The SMILES string of the molecule is COc1ccc(NC(=O)COc2ccc(C3CC(=O)Nc4ncnn43)cc2)cc1. The number of nitrogens with one attached hydrogen (secondary N) is 2. The number of fused-ring (bicyclic) bond motifs is 1. The van der Waals surface area contributed by atoms with Gasteiger partial charge in [0.15, 0.2) is 6.61 Å². The molecule has 148 valence electrons. The fourth-order valence-electron chi connectivity index (χ4n) is 3.07. The molecule has 0 fully saturated rings. The molecule has 2 aromatic carbocycles. The van der Waals surface area contributed by atoms with Crippen molar-refractivity contribution in [2.24, 2.45) is 0 Å². The largest absolute Gasteiger partial charge is 0.497 e. The Hall–Kier alpha value is -3.88. The molecule has 9 heteroatoms. The van der Waals surface area contributed by atoms with E-state index in [1.54, 1.807) is 48.2 Å². The molecule has 9 nitrogen and oxygen atoms in total. The second-order valence-corrected chi connectivity index (χ2v) is 6.43. The van der Waals surface area contributed by atoms with Gasteiger partial charge in [0.2, 0.25) is 11.9 Å². The molecule has 2 N–H and O–H groups in total. The standard InChI is InChI=1S/C20H19N5O4/c1-28-15-8-4-14(5-9-15)23-19(27)11-29-16-6-2-13(3-7-16)17-10-18(26)24-20-21-12-22-25(17)20/h2-9,12,17H,10-11H2,1H3,(H,23,27)(H,21,22,24,26). The molecule has 0 aliphatic carbocycles. The van der Waals surface area contributed by atoms with Crippen LogP contribution in [0.25, 0.3) is 0 Å². The predicted molar refractivity (Wildman–Crippen MR) is 105 cm³/mol. The highest BCUT2D eigenvalue weighted by molar-refractivity contribution is 5.92. The van der Waals surface area contributed by atoms with E-state index in [9.17, 15) is 9.59 Å². The third-order valence-electron chi connectivity index (χ3n) is 4.51. The lowest BCUT2D eigenvalue weighted by Gasteiger charge is -2.23. The van der Waals surface area contributed by atoms with Crippen LogP contribution >= 0.6 is 0 Å². The Labute approximate surface area is 166 Å². The maximum absolute atomic E-state index is 12.1. The summed E-state index contributed by atoms with van der Waals surface area (Å²) in [4.78, 5) is 28.0. The molecule has 0 spiro atoms. The van der Waals surface area contributed by atoms with Crippen LogP contribution in [-0.4, -0.2) is 40.3 Å². The third kappa shape index (κ3) is 4.18. The number of rotatable bonds is 6. The molecule has 2 amide bonds. The van der Waals surface area contributed by atoms with E-state index in [0.29, 0.717) is 23.1 Å². The molecule has 1 aromatic heterocycles. The van der Waals surface area contributed by atoms with Gasteiger partial charge in [-0.2, -0.15) is 10.1 Å². The second-order valence-electron chi connectivity index (χ2n) is 6.43. The van der Waals surface area contributed by atoms with Crippen LogP contribution in [-0.2, 0) is 9.59 Å². The van der Waals surface area contributed by atoms with Crippen molar-refractivity contribution in [1.29, 1.82) is 0 Å². The number of ether oxygens (including phenoxy) is 2. The molecule has 0 saturated heterocycles. The molecular formula is C20H19N5O4. The van der Waals surface area contributed by atoms with Crippen molar-refractivity contribution in [2.45, 2.75) is 12.5 Å². The molecule has 2 heterocycles. The minimum Gasteiger partial charge on any atom is -0.497 e. The van der Waals surface area contributed by atoms with Crippen LogP contribution in [0, 0.1) is 0 Å². The Morgan fingerprint density at radius 1 is 1.17 bits per heavy atom. The second kappa shape index (κ2) is 8.01. The van der Waals surface area contributed by atoms with Gasteiger partial charge >= 0.3 is 0 Å². The van der Waals surface area contributed by atoms with E-state index in [2.05, 4.69) is 20.7 Å². The van der Waals surface area contributed by atoms with Crippen molar-refractivity contribution in [2.75, 3.05) is 24.4 Å². The summed E-state index contributed by atoms with van der Waals surface area (Å²) in [5.74, 6) is 1.33. The van der Waals surface area contributed by atoms with Crippen LogP contribution in [0.1, 0.15) is 18.0 Å². The van der Waals surface area contributed by atoms with Gasteiger partial charge < -0.3 is 14.8 Å². The van der Waals surface area contributed by atoms with Gasteiger partial charge in [0.25, 0.3) is 5.91 Å². The maximum atomic E-state index is 12.1. The van der Waals surface area contributed by atoms with Gasteiger partial charge in [-0.05, 0) is 42.0 Å². The molecule has 4 rings (SSSR count). The fraction of sp³-hybridized carbons (Fsp3) is 0.200. The lowest BCUT2D eigenvalue weighted by atomic mass is 10.0. The summed E-state index contributed by atoms with van der Waals surface area (Å²) in [7, 11) is 1.58. The van der Waals surface area contributed by atoms with Crippen molar-refractivity contribution >= 4 is 23.5 Å².